The van der Waals surface area contributed by atoms with E-state index < -0.39 is 0 Å². The van der Waals surface area contributed by atoms with Gasteiger partial charge < -0.3 is 16.4 Å². The molecule has 1 saturated carbocycles. The average molecular weight is 405 g/mol. The van der Waals surface area contributed by atoms with Crippen molar-refractivity contribution in [3.8, 4) is 6.07 Å². The van der Waals surface area contributed by atoms with E-state index in [1.165, 1.54) is 25.6 Å². The molecule has 0 bridgehead atoms. The Labute approximate surface area is 177 Å². The summed E-state index contributed by atoms with van der Waals surface area (Å²) < 4.78 is 0. The highest BCUT2D eigenvalue weighted by Crippen LogP contribution is 2.47. The third-order valence-electron chi connectivity index (χ3n) is 6.66. The molecule has 1 fully saturated rings. The Morgan fingerprint density at radius 2 is 2.10 bits per heavy atom. The Kier molecular flexibility index (Phi) is 5.33. The molecule has 156 valence electrons. The van der Waals surface area contributed by atoms with Crippen LogP contribution in [0.1, 0.15) is 78.9 Å². The number of anilines is 3. The van der Waals surface area contributed by atoms with Crippen LogP contribution in [0.15, 0.2) is 18.5 Å². The van der Waals surface area contributed by atoms with Crippen molar-refractivity contribution in [2.45, 2.75) is 64.3 Å². The first kappa shape index (κ1) is 20.1. The summed E-state index contributed by atoms with van der Waals surface area (Å²) >= 11 is 0. The molecule has 7 nitrogen and oxygen atoms in total. The maximum Gasteiger partial charge on any atom is 0.253 e. The van der Waals surface area contributed by atoms with Crippen molar-refractivity contribution in [2.24, 2.45) is 5.92 Å². The summed E-state index contributed by atoms with van der Waals surface area (Å²) in [6, 6.07) is 5.92. The van der Waals surface area contributed by atoms with Crippen molar-refractivity contribution < 1.29 is 4.79 Å². The van der Waals surface area contributed by atoms with E-state index in [4.69, 9.17) is 5.73 Å². The minimum Gasteiger partial charge on any atom is -0.383 e. The molecule has 2 heterocycles. The molecule has 2 aliphatic rings. The minimum absolute atomic E-state index is 0.137. The third kappa shape index (κ3) is 3.47. The summed E-state index contributed by atoms with van der Waals surface area (Å²) in [5.41, 5.74) is 8.84. The molecule has 4 N–H and O–H groups in total. The maximum absolute atomic E-state index is 12.8. The first-order chi connectivity index (χ1) is 14.5. The molecule has 1 aliphatic heterocycles. The van der Waals surface area contributed by atoms with Gasteiger partial charge in [-0.2, -0.15) is 5.26 Å². The van der Waals surface area contributed by atoms with Crippen molar-refractivity contribution in [3.05, 3.63) is 40.7 Å². The number of benzene rings is 1. The summed E-state index contributed by atoms with van der Waals surface area (Å²) in [6.45, 7) is 4.07. The molecule has 0 saturated heterocycles. The molecule has 1 aromatic carbocycles. The van der Waals surface area contributed by atoms with Crippen LogP contribution < -0.4 is 16.4 Å². The third-order valence-corrected chi connectivity index (χ3v) is 6.66. The quantitative estimate of drug-likeness (QED) is 0.684. The van der Waals surface area contributed by atoms with Crippen molar-refractivity contribution in [2.75, 3.05) is 11.1 Å². The topological polar surface area (TPSA) is 117 Å². The van der Waals surface area contributed by atoms with Gasteiger partial charge in [-0.05, 0) is 56.2 Å². The van der Waals surface area contributed by atoms with Crippen LogP contribution in [0.4, 0.5) is 17.3 Å². The number of fused-ring (bicyclic) bond motifs is 2. The van der Waals surface area contributed by atoms with Gasteiger partial charge in [0.25, 0.3) is 5.91 Å². The molecule has 1 amide bonds. The predicted octanol–water partition coefficient (Wildman–Crippen LogP) is 4.30. The number of amides is 1. The van der Waals surface area contributed by atoms with Crippen LogP contribution in [-0.4, -0.2) is 15.9 Å². The number of carbonyl (C=O) groups is 1. The zero-order valence-electron chi connectivity index (χ0n) is 17.6. The lowest BCUT2D eigenvalue weighted by molar-refractivity contribution is 0.0892. The molecule has 0 atom stereocenters. The van der Waals surface area contributed by atoms with E-state index in [9.17, 15) is 10.1 Å². The van der Waals surface area contributed by atoms with E-state index in [1.54, 1.807) is 6.07 Å². The number of nitrogen functional groups attached to an aromatic ring is 1. The largest absolute Gasteiger partial charge is 0.383 e. The predicted molar refractivity (Wildman–Crippen MR) is 116 cm³/mol. The molecule has 4 rings (SSSR count). The van der Waals surface area contributed by atoms with Crippen molar-refractivity contribution >= 4 is 23.2 Å². The summed E-state index contributed by atoms with van der Waals surface area (Å²) in [5.74, 6) is 1.59. The van der Waals surface area contributed by atoms with Gasteiger partial charge in [-0.3, -0.25) is 4.79 Å². The fourth-order valence-electron chi connectivity index (χ4n) is 4.84. The van der Waals surface area contributed by atoms with E-state index in [2.05, 4.69) is 33.6 Å². The fraction of sp³-hybridized carbons (Fsp3) is 0.478. The number of carbonyl (C=O) groups excluding carboxylic acids is 1. The van der Waals surface area contributed by atoms with Gasteiger partial charge in [-0.25, -0.2) is 9.97 Å². The molecular formula is C23H28N6O. The number of nitrogens with zero attached hydrogens (tertiary/aromatic N) is 3. The molecule has 7 heteroatoms. The molecule has 0 unspecified atom stereocenters. The van der Waals surface area contributed by atoms with Gasteiger partial charge in [0.2, 0.25) is 0 Å². The summed E-state index contributed by atoms with van der Waals surface area (Å²) in [6.07, 6.45) is 9.16. The summed E-state index contributed by atoms with van der Waals surface area (Å²) in [7, 11) is 0. The molecule has 1 aromatic heterocycles. The Bertz CT molecular complexity index is 1020. The van der Waals surface area contributed by atoms with Crippen molar-refractivity contribution in [1.82, 2.24) is 15.3 Å². The second-order valence-electron chi connectivity index (χ2n) is 8.54. The molecule has 30 heavy (non-hydrogen) atoms. The highest BCUT2D eigenvalue weighted by Gasteiger charge is 2.46. The van der Waals surface area contributed by atoms with Crippen molar-refractivity contribution in [3.63, 3.8) is 0 Å². The minimum atomic E-state index is -0.377. The van der Waals surface area contributed by atoms with Crippen LogP contribution in [0.3, 0.4) is 0 Å². The van der Waals surface area contributed by atoms with E-state index >= 15 is 0 Å². The highest BCUT2D eigenvalue weighted by atomic mass is 16.2. The van der Waals surface area contributed by atoms with E-state index in [-0.39, 0.29) is 11.4 Å². The van der Waals surface area contributed by atoms with Gasteiger partial charge in [0.15, 0.2) is 0 Å². The average Bonchev–Trinajstić information content (AvgIpc) is 3.02. The number of nitriles is 1. The zero-order valence-corrected chi connectivity index (χ0v) is 17.6. The SMILES string of the molecule is CCCCC1CCC2(CC1)NC(=O)c1c(C#N)cc(Nc3ncnc(N)c3C)cc12. The standard InChI is InChI=1S/C23H28N6O/c1-3-4-5-15-6-8-23(9-7-15)18-11-17(10-16(12-24)19(18)22(30)29-23)28-21-14(2)20(25)26-13-27-21/h10-11,13,15H,3-9H2,1-2H3,(H,29,30)(H3,25,26,27,28). The number of unbranched alkanes of at least 4 members (excludes halogenated alkanes) is 1. The highest BCUT2D eigenvalue weighted by molar-refractivity contribution is 6.03. The molecule has 1 spiro atoms. The van der Waals surface area contributed by atoms with Gasteiger partial charge in [0.1, 0.15) is 24.0 Å². The van der Waals surface area contributed by atoms with Gasteiger partial charge in [0, 0.05) is 11.3 Å². The second-order valence-corrected chi connectivity index (χ2v) is 8.54. The van der Waals surface area contributed by atoms with Crippen LogP contribution >= 0.6 is 0 Å². The maximum atomic E-state index is 12.8. The second kappa shape index (κ2) is 7.94. The number of rotatable bonds is 5. The number of hydrogen-bond acceptors (Lipinski definition) is 6. The zero-order chi connectivity index (χ0) is 21.3. The Morgan fingerprint density at radius 1 is 1.33 bits per heavy atom. The van der Waals surface area contributed by atoms with Crippen LogP contribution in [0, 0.1) is 24.2 Å². The Balaban J connectivity index is 1.68. The lowest BCUT2D eigenvalue weighted by Crippen LogP contribution is -2.42. The smallest absolute Gasteiger partial charge is 0.253 e. The van der Waals surface area contributed by atoms with Gasteiger partial charge in [-0.1, -0.05) is 26.2 Å². The van der Waals surface area contributed by atoms with E-state index in [1.807, 2.05) is 13.0 Å². The fourth-order valence-corrected chi connectivity index (χ4v) is 4.84. The lowest BCUT2D eigenvalue weighted by Gasteiger charge is -2.38. The van der Waals surface area contributed by atoms with Gasteiger partial charge in [0.05, 0.1) is 16.7 Å². The first-order valence-electron chi connectivity index (χ1n) is 10.7. The molecular weight excluding hydrogens is 376 g/mol. The lowest BCUT2D eigenvalue weighted by atomic mass is 9.72. The number of hydrogen-bond donors (Lipinski definition) is 3. The number of aromatic nitrogens is 2. The number of nitrogens with two attached hydrogens (primary N) is 1. The Hall–Kier alpha value is -3.14. The van der Waals surface area contributed by atoms with Crippen LogP contribution in [-0.2, 0) is 5.54 Å². The summed E-state index contributed by atoms with van der Waals surface area (Å²) in [5, 5.41) is 16.2. The summed E-state index contributed by atoms with van der Waals surface area (Å²) in [4.78, 5) is 21.1. The van der Waals surface area contributed by atoms with Crippen LogP contribution in [0.5, 0.6) is 0 Å². The molecule has 2 aromatic rings. The monoisotopic (exact) mass is 404 g/mol. The molecule has 0 radical (unpaired) electrons. The van der Waals surface area contributed by atoms with E-state index in [0.29, 0.717) is 22.8 Å². The van der Waals surface area contributed by atoms with Crippen molar-refractivity contribution in [1.29, 1.82) is 5.26 Å². The number of nitrogens with one attached hydrogen (secondary N) is 2. The van der Waals surface area contributed by atoms with Crippen LogP contribution in [0.2, 0.25) is 0 Å². The van der Waals surface area contributed by atoms with E-state index in [0.717, 1.165) is 48.4 Å². The van der Waals surface area contributed by atoms with Gasteiger partial charge >= 0.3 is 0 Å². The normalized spacial score (nSPS) is 22.4. The Morgan fingerprint density at radius 3 is 2.80 bits per heavy atom. The first-order valence-corrected chi connectivity index (χ1v) is 10.7. The van der Waals surface area contributed by atoms with Gasteiger partial charge in [-0.15, -0.1) is 0 Å². The van der Waals surface area contributed by atoms with Crippen LogP contribution in [0.25, 0.3) is 0 Å². The molecule has 1 aliphatic carbocycles.